The summed E-state index contributed by atoms with van der Waals surface area (Å²) >= 11 is 7.31. The summed E-state index contributed by atoms with van der Waals surface area (Å²) in [5.41, 5.74) is 2.36. The molecular weight excluding hydrogens is 432 g/mol. The number of unbranched alkanes of at least 4 members (excludes halogenated alkanes) is 2. The molecule has 0 saturated carbocycles. The first-order chi connectivity index (χ1) is 11.8. The Kier molecular flexibility index (Phi) is 8.40. The van der Waals surface area contributed by atoms with Crippen LogP contribution in [0.4, 0.5) is 0 Å². The molecule has 0 aliphatic rings. The number of halogens is 2. The summed E-state index contributed by atoms with van der Waals surface area (Å²) in [4.78, 5) is 0. The van der Waals surface area contributed by atoms with Crippen LogP contribution in [0.2, 0.25) is 0 Å². The van der Waals surface area contributed by atoms with Crippen LogP contribution in [-0.4, -0.2) is 13.2 Å². The molecule has 0 aliphatic heterocycles. The Balaban J connectivity index is 2.58. The second-order valence-electron chi connectivity index (χ2n) is 5.83. The van der Waals surface area contributed by atoms with Gasteiger partial charge in [0, 0.05) is 21.8 Å². The van der Waals surface area contributed by atoms with Crippen LogP contribution in [0.5, 0.6) is 11.5 Å². The average molecular weight is 458 g/mol. The van der Waals surface area contributed by atoms with Crippen molar-refractivity contribution in [3.8, 4) is 11.5 Å². The molecule has 2 nitrogen and oxygen atoms in total. The van der Waals surface area contributed by atoms with Crippen LogP contribution in [0, 0.1) is 0 Å². The van der Waals surface area contributed by atoms with Gasteiger partial charge in [-0.25, -0.2) is 0 Å². The van der Waals surface area contributed by atoms with Crippen LogP contribution in [0.25, 0.3) is 10.8 Å². The number of fused-ring (bicyclic) bond motifs is 1. The van der Waals surface area contributed by atoms with Gasteiger partial charge in [-0.15, -0.1) is 0 Å². The highest BCUT2D eigenvalue weighted by Crippen LogP contribution is 2.44. The van der Waals surface area contributed by atoms with Gasteiger partial charge in [-0.1, -0.05) is 82.8 Å². The first kappa shape index (κ1) is 19.6. The fourth-order valence-electron chi connectivity index (χ4n) is 2.74. The zero-order valence-electron chi connectivity index (χ0n) is 14.5. The van der Waals surface area contributed by atoms with Crippen LogP contribution in [0.3, 0.4) is 0 Å². The molecule has 2 aromatic rings. The van der Waals surface area contributed by atoms with E-state index in [2.05, 4.69) is 70.0 Å². The molecule has 0 saturated heterocycles. The van der Waals surface area contributed by atoms with Gasteiger partial charge in [0.25, 0.3) is 0 Å². The third kappa shape index (κ3) is 4.45. The van der Waals surface area contributed by atoms with Gasteiger partial charge in [0.15, 0.2) is 11.5 Å². The van der Waals surface area contributed by atoms with E-state index in [-0.39, 0.29) is 0 Å². The van der Waals surface area contributed by atoms with E-state index in [0.29, 0.717) is 0 Å². The molecular formula is C20H26Br2O2. The molecule has 0 N–H and O–H groups in total. The van der Waals surface area contributed by atoms with Gasteiger partial charge in [-0.05, 0) is 23.6 Å². The average Bonchev–Trinajstić information content (AvgIpc) is 2.62. The molecule has 0 fully saturated rings. The first-order valence-corrected chi connectivity index (χ1v) is 11.0. The van der Waals surface area contributed by atoms with Gasteiger partial charge in [0.2, 0.25) is 0 Å². The zero-order valence-corrected chi connectivity index (χ0v) is 17.7. The summed E-state index contributed by atoms with van der Waals surface area (Å²) < 4.78 is 12.4. The lowest BCUT2D eigenvalue weighted by Crippen LogP contribution is -2.07. The molecule has 24 heavy (non-hydrogen) atoms. The van der Waals surface area contributed by atoms with Crippen molar-refractivity contribution in [2.24, 2.45) is 0 Å². The Hall–Kier alpha value is -0.740. The van der Waals surface area contributed by atoms with Crippen molar-refractivity contribution in [1.82, 2.24) is 0 Å². The van der Waals surface area contributed by atoms with Gasteiger partial charge < -0.3 is 9.47 Å². The Morgan fingerprint density at radius 1 is 0.750 bits per heavy atom. The molecule has 0 aromatic heterocycles. The molecule has 0 unspecified atom stereocenters. The number of hydrogen-bond donors (Lipinski definition) is 0. The van der Waals surface area contributed by atoms with E-state index in [1.165, 1.54) is 21.9 Å². The maximum atomic E-state index is 6.21. The van der Waals surface area contributed by atoms with Gasteiger partial charge in [0.1, 0.15) is 0 Å². The monoisotopic (exact) mass is 456 g/mol. The summed E-state index contributed by atoms with van der Waals surface area (Å²) in [6, 6.07) is 8.50. The molecule has 0 atom stereocenters. The summed E-state index contributed by atoms with van der Waals surface area (Å²) in [6.45, 7) is 5.80. The summed E-state index contributed by atoms with van der Waals surface area (Å²) in [5.74, 6) is 1.81. The topological polar surface area (TPSA) is 18.5 Å². The van der Waals surface area contributed by atoms with Gasteiger partial charge in [-0.2, -0.15) is 0 Å². The molecule has 0 aliphatic carbocycles. The van der Waals surface area contributed by atoms with Crippen molar-refractivity contribution in [2.45, 2.75) is 50.2 Å². The number of alkyl halides is 2. The molecule has 132 valence electrons. The second kappa shape index (κ2) is 10.3. The minimum absolute atomic E-state index is 0.723. The second-order valence-corrected chi connectivity index (χ2v) is 6.95. The number of benzene rings is 2. The largest absolute Gasteiger partial charge is 0.489 e. The summed E-state index contributed by atoms with van der Waals surface area (Å²) in [5, 5.41) is 3.97. The molecule has 0 bridgehead atoms. The minimum atomic E-state index is 0.723. The summed E-state index contributed by atoms with van der Waals surface area (Å²) in [7, 11) is 0. The Bertz CT molecular complexity index is 599. The van der Waals surface area contributed by atoms with Crippen molar-refractivity contribution in [3.05, 3.63) is 35.4 Å². The highest BCUT2D eigenvalue weighted by atomic mass is 79.9. The predicted molar refractivity (Wildman–Crippen MR) is 110 cm³/mol. The van der Waals surface area contributed by atoms with Gasteiger partial charge in [0.05, 0.1) is 13.2 Å². The summed E-state index contributed by atoms with van der Waals surface area (Å²) in [6.07, 6.45) is 4.34. The van der Waals surface area contributed by atoms with E-state index in [1.54, 1.807) is 0 Å². The maximum absolute atomic E-state index is 6.21. The van der Waals surface area contributed by atoms with E-state index in [9.17, 15) is 0 Å². The van der Waals surface area contributed by atoms with E-state index < -0.39 is 0 Å². The first-order valence-electron chi connectivity index (χ1n) is 8.72. The molecule has 0 heterocycles. The molecule has 2 aromatic carbocycles. The number of rotatable bonds is 10. The number of ether oxygens (including phenoxy) is 2. The molecule has 2 rings (SSSR count). The highest BCUT2D eigenvalue weighted by molar-refractivity contribution is 9.08. The van der Waals surface area contributed by atoms with Crippen LogP contribution >= 0.6 is 31.9 Å². The van der Waals surface area contributed by atoms with Gasteiger partial charge in [-0.3, -0.25) is 0 Å². The lowest BCUT2D eigenvalue weighted by molar-refractivity contribution is 0.259. The van der Waals surface area contributed by atoms with Crippen LogP contribution in [0.1, 0.15) is 50.7 Å². The van der Waals surface area contributed by atoms with E-state index in [0.717, 1.165) is 61.1 Å². The van der Waals surface area contributed by atoms with Crippen LogP contribution < -0.4 is 9.47 Å². The Morgan fingerprint density at radius 3 is 1.50 bits per heavy atom. The number of hydrogen-bond acceptors (Lipinski definition) is 2. The fraction of sp³-hybridized carbons (Fsp3) is 0.500. The molecule has 0 radical (unpaired) electrons. The fourth-order valence-corrected chi connectivity index (χ4v) is 3.85. The van der Waals surface area contributed by atoms with Gasteiger partial charge >= 0.3 is 0 Å². The zero-order chi connectivity index (χ0) is 17.4. The maximum Gasteiger partial charge on any atom is 0.166 e. The smallest absolute Gasteiger partial charge is 0.166 e. The van der Waals surface area contributed by atoms with Crippen LogP contribution in [-0.2, 0) is 10.7 Å². The molecule has 4 heteroatoms. The quantitative estimate of drug-likeness (QED) is 0.282. The van der Waals surface area contributed by atoms with E-state index in [4.69, 9.17) is 9.47 Å². The predicted octanol–water partition coefficient (Wildman–Crippen LogP) is 6.99. The molecule has 0 amide bonds. The van der Waals surface area contributed by atoms with E-state index >= 15 is 0 Å². The van der Waals surface area contributed by atoms with Crippen molar-refractivity contribution >= 4 is 42.6 Å². The molecule has 0 spiro atoms. The van der Waals surface area contributed by atoms with Crippen molar-refractivity contribution in [2.75, 3.05) is 13.2 Å². The third-order valence-electron chi connectivity index (χ3n) is 4.09. The van der Waals surface area contributed by atoms with Crippen molar-refractivity contribution < 1.29 is 9.47 Å². The minimum Gasteiger partial charge on any atom is -0.489 e. The lowest BCUT2D eigenvalue weighted by atomic mass is 9.98. The Labute approximate surface area is 162 Å². The Morgan fingerprint density at radius 2 is 1.17 bits per heavy atom. The standard InChI is InChI=1S/C20H26Br2O2/c1-3-5-11-23-19-17(13-21)15-9-7-8-10-16(15)18(14-22)20(19)24-12-6-4-2/h7-10H,3-6,11-14H2,1-2H3. The van der Waals surface area contributed by atoms with Crippen molar-refractivity contribution in [1.29, 1.82) is 0 Å². The van der Waals surface area contributed by atoms with E-state index in [1.807, 2.05) is 0 Å². The normalized spacial score (nSPS) is 11.0. The highest BCUT2D eigenvalue weighted by Gasteiger charge is 2.20. The SMILES string of the molecule is CCCCOc1c(OCCCC)c(CBr)c2ccccc2c1CBr. The lowest BCUT2D eigenvalue weighted by Gasteiger charge is -2.21. The van der Waals surface area contributed by atoms with Crippen molar-refractivity contribution in [3.63, 3.8) is 0 Å². The third-order valence-corrected chi connectivity index (χ3v) is 5.21. The van der Waals surface area contributed by atoms with Crippen LogP contribution in [0.15, 0.2) is 24.3 Å².